The summed E-state index contributed by atoms with van der Waals surface area (Å²) >= 11 is 12.3. The summed E-state index contributed by atoms with van der Waals surface area (Å²) in [5.74, 6) is -0.365. The number of methoxy groups -OCH3 is 1. The van der Waals surface area contributed by atoms with Gasteiger partial charge < -0.3 is 19.9 Å². The summed E-state index contributed by atoms with van der Waals surface area (Å²) in [7, 11) is 1.45. The highest BCUT2D eigenvalue weighted by molar-refractivity contribution is 6.42. The van der Waals surface area contributed by atoms with Gasteiger partial charge in [0.15, 0.2) is 11.5 Å². The van der Waals surface area contributed by atoms with Gasteiger partial charge in [0.25, 0.3) is 0 Å². The van der Waals surface area contributed by atoms with E-state index in [1.807, 2.05) is 0 Å². The third-order valence-corrected chi connectivity index (χ3v) is 5.66. The Morgan fingerprint density at radius 2 is 2.00 bits per heavy atom. The zero-order valence-electron chi connectivity index (χ0n) is 16.9. The van der Waals surface area contributed by atoms with Gasteiger partial charge in [0.2, 0.25) is 11.8 Å². The number of nitrogens with one attached hydrogen (secondary N) is 1. The van der Waals surface area contributed by atoms with Gasteiger partial charge in [-0.05, 0) is 29.8 Å². The number of hydrogen-bond acceptors (Lipinski definition) is 7. The monoisotopic (exact) mass is 470 g/mol. The second-order valence-corrected chi connectivity index (χ2v) is 7.69. The van der Waals surface area contributed by atoms with Crippen LogP contribution in [-0.4, -0.2) is 23.3 Å². The van der Waals surface area contributed by atoms with E-state index >= 15 is 0 Å². The van der Waals surface area contributed by atoms with E-state index in [4.69, 9.17) is 43.1 Å². The first-order chi connectivity index (χ1) is 15.3. The minimum atomic E-state index is -0.632. The number of aromatic amines is 1. The highest BCUT2D eigenvalue weighted by atomic mass is 35.5. The maximum Gasteiger partial charge on any atom is 0.308 e. The first-order valence-corrected chi connectivity index (χ1v) is 10.1. The summed E-state index contributed by atoms with van der Waals surface area (Å²) in [5, 5.41) is 17.8. The Kier molecular flexibility index (Phi) is 5.70. The molecule has 1 aliphatic heterocycles. The van der Waals surface area contributed by atoms with Crippen LogP contribution in [0.3, 0.4) is 0 Å². The summed E-state index contributed by atoms with van der Waals surface area (Å²) in [6.45, 7) is 1.30. The van der Waals surface area contributed by atoms with Crippen LogP contribution in [0.2, 0.25) is 10.0 Å². The average molecular weight is 471 g/mol. The predicted molar refractivity (Wildman–Crippen MR) is 118 cm³/mol. The van der Waals surface area contributed by atoms with Crippen LogP contribution in [0.5, 0.6) is 17.4 Å². The number of ether oxygens (including phenoxy) is 3. The van der Waals surface area contributed by atoms with Crippen molar-refractivity contribution in [1.82, 2.24) is 10.2 Å². The van der Waals surface area contributed by atoms with Crippen LogP contribution in [0.4, 0.5) is 0 Å². The quantitative estimate of drug-likeness (QED) is 0.423. The largest absolute Gasteiger partial charge is 0.493 e. The lowest BCUT2D eigenvalue weighted by Gasteiger charge is -2.24. The molecule has 0 unspecified atom stereocenters. The molecule has 4 rings (SSSR count). The molecular formula is C22H16Cl2N4O4. The Hall–Kier alpha value is -3.67. The van der Waals surface area contributed by atoms with Gasteiger partial charge in [0.1, 0.15) is 11.6 Å². The molecule has 0 saturated heterocycles. The van der Waals surface area contributed by atoms with Crippen molar-refractivity contribution >= 4 is 29.2 Å². The number of benzene rings is 2. The molecule has 3 aromatic rings. The minimum Gasteiger partial charge on any atom is -0.493 e. The van der Waals surface area contributed by atoms with Gasteiger partial charge in [-0.25, -0.2) is 0 Å². The molecule has 8 nitrogen and oxygen atoms in total. The molecule has 0 radical (unpaired) electrons. The number of hydrogen-bond donors (Lipinski definition) is 2. The number of aromatic nitrogens is 2. The van der Waals surface area contributed by atoms with E-state index < -0.39 is 11.9 Å². The summed E-state index contributed by atoms with van der Waals surface area (Å²) < 4.78 is 16.2. The maximum absolute atomic E-state index is 11.4. The molecule has 0 bridgehead atoms. The summed E-state index contributed by atoms with van der Waals surface area (Å²) in [4.78, 5) is 11.4. The molecule has 0 spiro atoms. The van der Waals surface area contributed by atoms with Crippen molar-refractivity contribution in [3.05, 3.63) is 69.0 Å². The van der Waals surface area contributed by atoms with Crippen molar-refractivity contribution in [3.8, 4) is 34.7 Å². The van der Waals surface area contributed by atoms with E-state index in [-0.39, 0.29) is 23.1 Å². The number of esters is 1. The van der Waals surface area contributed by atoms with Gasteiger partial charge in [0, 0.05) is 12.5 Å². The number of allylic oxidation sites excluding steroid dienone is 1. The Labute approximate surface area is 193 Å². The van der Waals surface area contributed by atoms with Crippen molar-refractivity contribution in [3.63, 3.8) is 0 Å². The van der Waals surface area contributed by atoms with Crippen molar-refractivity contribution in [2.45, 2.75) is 12.8 Å². The summed E-state index contributed by atoms with van der Waals surface area (Å²) in [6.07, 6.45) is 0. The van der Waals surface area contributed by atoms with Crippen LogP contribution >= 0.6 is 23.2 Å². The lowest BCUT2D eigenvalue weighted by Crippen LogP contribution is -2.21. The van der Waals surface area contributed by atoms with Crippen LogP contribution in [-0.2, 0) is 4.79 Å². The third kappa shape index (κ3) is 3.73. The molecule has 1 atom stereocenters. The fraction of sp³-hybridized carbons (Fsp3) is 0.136. The molecule has 0 amide bonds. The van der Waals surface area contributed by atoms with Crippen molar-refractivity contribution in [1.29, 1.82) is 5.26 Å². The number of carbonyl (C=O) groups excluding carboxylic acids is 1. The highest BCUT2D eigenvalue weighted by Gasteiger charge is 2.36. The van der Waals surface area contributed by atoms with Gasteiger partial charge in [-0.2, -0.15) is 5.26 Å². The van der Waals surface area contributed by atoms with E-state index in [9.17, 15) is 10.1 Å². The fourth-order valence-electron chi connectivity index (χ4n) is 3.55. The average Bonchev–Trinajstić information content (AvgIpc) is 3.18. The number of nitrogens with two attached hydrogens (primary N) is 1. The normalized spacial score (nSPS) is 14.9. The van der Waals surface area contributed by atoms with Crippen molar-refractivity contribution in [2.75, 3.05) is 7.11 Å². The zero-order valence-corrected chi connectivity index (χ0v) is 18.4. The number of H-pyrrole nitrogens is 1. The lowest BCUT2D eigenvalue weighted by atomic mass is 9.83. The van der Waals surface area contributed by atoms with E-state index in [1.165, 1.54) is 14.0 Å². The van der Waals surface area contributed by atoms with E-state index in [0.29, 0.717) is 38.2 Å². The van der Waals surface area contributed by atoms with Crippen LogP contribution in [0.25, 0.3) is 11.3 Å². The number of carbonyl (C=O) groups is 1. The highest BCUT2D eigenvalue weighted by Crippen LogP contribution is 2.47. The van der Waals surface area contributed by atoms with Crippen molar-refractivity contribution in [2.24, 2.45) is 5.73 Å². The number of fused-ring (bicyclic) bond motifs is 1. The van der Waals surface area contributed by atoms with Crippen molar-refractivity contribution < 1.29 is 19.0 Å². The number of nitriles is 1. The van der Waals surface area contributed by atoms with Gasteiger partial charge >= 0.3 is 5.97 Å². The number of rotatable bonds is 4. The Morgan fingerprint density at radius 1 is 1.22 bits per heavy atom. The summed E-state index contributed by atoms with van der Waals surface area (Å²) in [5.41, 5.74) is 8.77. The SMILES string of the molecule is COc1cc([C@H]2C(C#N)=C(N)Oc3n[nH]c(-c4ccc(Cl)c(Cl)c4)c32)ccc1OC(C)=O. The van der Waals surface area contributed by atoms with E-state index in [1.54, 1.807) is 36.4 Å². The van der Waals surface area contributed by atoms with E-state index in [2.05, 4.69) is 16.3 Å². The Morgan fingerprint density at radius 3 is 2.66 bits per heavy atom. The Balaban J connectivity index is 1.91. The first kappa shape index (κ1) is 21.6. The van der Waals surface area contributed by atoms with Gasteiger partial charge in [-0.3, -0.25) is 9.89 Å². The molecule has 32 heavy (non-hydrogen) atoms. The molecule has 2 aromatic carbocycles. The van der Waals surface area contributed by atoms with Crippen LogP contribution in [0, 0.1) is 11.3 Å². The standard InChI is InChI=1S/C22H16Cl2N4O4/c1-10(29)31-16-6-4-11(8-17(16)30-2)18-13(9-25)21(26)32-22-19(18)20(27-28-22)12-3-5-14(23)15(24)7-12/h3-8,18H,26H2,1-2H3,(H,27,28)/t18-/m0/s1. The Bertz CT molecular complexity index is 1310. The third-order valence-electron chi connectivity index (χ3n) is 4.92. The molecule has 3 N–H and O–H groups in total. The molecule has 0 fully saturated rings. The van der Waals surface area contributed by atoms with Gasteiger partial charge in [-0.1, -0.05) is 35.3 Å². The van der Waals surface area contributed by atoms with Crippen LogP contribution in [0.15, 0.2) is 47.9 Å². The summed E-state index contributed by atoms with van der Waals surface area (Å²) in [6, 6.07) is 12.2. The second kappa shape index (κ2) is 8.46. The first-order valence-electron chi connectivity index (χ1n) is 9.31. The number of halogens is 2. The second-order valence-electron chi connectivity index (χ2n) is 6.88. The molecule has 2 heterocycles. The smallest absolute Gasteiger partial charge is 0.308 e. The van der Waals surface area contributed by atoms with Gasteiger partial charge in [0.05, 0.1) is 34.3 Å². The maximum atomic E-state index is 11.4. The molecule has 10 heteroatoms. The number of nitrogens with zero attached hydrogens (tertiary/aromatic N) is 2. The molecule has 1 aliphatic rings. The minimum absolute atomic E-state index is 0.0554. The molecule has 0 saturated carbocycles. The van der Waals surface area contributed by atoms with Crippen LogP contribution < -0.4 is 19.9 Å². The fourth-order valence-corrected chi connectivity index (χ4v) is 3.85. The van der Waals surface area contributed by atoms with E-state index in [0.717, 1.165) is 0 Å². The lowest BCUT2D eigenvalue weighted by molar-refractivity contribution is -0.132. The molecular weight excluding hydrogens is 455 g/mol. The topological polar surface area (TPSA) is 123 Å². The molecule has 162 valence electrons. The zero-order chi connectivity index (χ0) is 23.0. The predicted octanol–water partition coefficient (Wildman–Crippen LogP) is 4.54. The molecule has 1 aromatic heterocycles. The molecule has 0 aliphatic carbocycles. The van der Waals surface area contributed by atoms with Gasteiger partial charge in [-0.15, -0.1) is 5.10 Å². The van der Waals surface area contributed by atoms with Crippen LogP contribution in [0.1, 0.15) is 24.0 Å².